The highest BCUT2D eigenvalue weighted by Crippen LogP contribution is 2.39. The van der Waals surface area contributed by atoms with Crippen LogP contribution in [0.2, 0.25) is 0 Å². The van der Waals surface area contributed by atoms with Crippen molar-refractivity contribution in [1.82, 2.24) is 10.2 Å². The average molecular weight is 508 g/mol. The van der Waals surface area contributed by atoms with E-state index in [0.29, 0.717) is 34.5 Å². The number of methoxy groups -OCH3 is 4. The Balaban J connectivity index is 2.00. The molecule has 0 aromatic heterocycles. The van der Waals surface area contributed by atoms with E-state index in [1.54, 1.807) is 31.0 Å². The van der Waals surface area contributed by atoms with E-state index in [1.165, 1.54) is 40.6 Å². The lowest BCUT2D eigenvalue weighted by molar-refractivity contribution is -0.138. The summed E-state index contributed by atoms with van der Waals surface area (Å²) in [6.45, 7) is 1.93. The molecule has 1 N–H and O–H groups in total. The molecule has 0 bridgehead atoms. The molecule has 1 aliphatic heterocycles. The fourth-order valence-corrected chi connectivity index (χ4v) is 3.88. The molecule has 0 saturated heterocycles. The Morgan fingerprint density at radius 2 is 1.61 bits per heavy atom. The van der Waals surface area contributed by atoms with Gasteiger partial charge >= 0.3 is 12.1 Å². The predicted octanol–water partition coefficient (Wildman–Crippen LogP) is 4.31. The van der Waals surface area contributed by atoms with Gasteiger partial charge in [0, 0.05) is 12.7 Å². The van der Waals surface area contributed by atoms with Gasteiger partial charge in [-0.15, -0.1) is 0 Å². The van der Waals surface area contributed by atoms with Gasteiger partial charge in [-0.25, -0.2) is 9.79 Å². The number of ether oxygens (including phenoxy) is 4. The summed E-state index contributed by atoms with van der Waals surface area (Å²) in [5.74, 6) is 1.22. The van der Waals surface area contributed by atoms with Gasteiger partial charge < -0.3 is 29.2 Å². The molecular weight excluding hydrogens is 479 g/mol. The Morgan fingerprint density at radius 1 is 1.03 bits per heavy atom. The van der Waals surface area contributed by atoms with E-state index < -0.39 is 23.8 Å². The smallest absolute Gasteiger partial charge is 0.416 e. The number of aliphatic imine (C=N–C) groups is 1. The van der Waals surface area contributed by atoms with Crippen LogP contribution in [0.25, 0.3) is 0 Å². The maximum atomic E-state index is 13.1. The van der Waals surface area contributed by atoms with Crippen LogP contribution in [0.5, 0.6) is 17.2 Å². The van der Waals surface area contributed by atoms with Crippen molar-refractivity contribution in [3.8, 4) is 17.2 Å². The van der Waals surface area contributed by atoms with Crippen molar-refractivity contribution in [2.24, 2.45) is 4.99 Å². The molecule has 1 unspecified atom stereocenters. The van der Waals surface area contributed by atoms with E-state index >= 15 is 0 Å². The summed E-state index contributed by atoms with van der Waals surface area (Å²) in [6.07, 6.45) is -4.47. The first-order chi connectivity index (χ1) is 17.0. The van der Waals surface area contributed by atoms with Crippen LogP contribution >= 0.6 is 0 Å². The molecule has 2 aromatic carbocycles. The van der Waals surface area contributed by atoms with E-state index in [1.807, 2.05) is 0 Å². The second kappa shape index (κ2) is 10.8. The molecular formula is C25H28F3N3O5. The number of nitrogens with zero attached hydrogens (tertiary/aromatic N) is 2. The summed E-state index contributed by atoms with van der Waals surface area (Å²) in [5.41, 5.74) is 1.26. The molecule has 194 valence electrons. The molecule has 8 nitrogen and oxygen atoms in total. The molecule has 11 heteroatoms. The highest BCUT2D eigenvalue weighted by atomic mass is 19.4. The Hall–Kier alpha value is -3.89. The molecule has 0 amide bonds. The van der Waals surface area contributed by atoms with Crippen LogP contribution < -0.4 is 19.5 Å². The molecule has 0 fully saturated rings. The Kier molecular flexibility index (Phi) is 8.01. The molecule has 1 atom stereocenters. The predicted molar refractivity (Wildman–Crippen MR) is 127 cm³/mol. The zero-order valence-electron chi connectivity index (χ0n) is 20.8. The zero-order valence-corrected chi connectivity index (χ0v) is 20.8. The number of nitrogens with one attached hydrogen (secondary N) is 1. The van der Waals surface area contributed by atoms with E-state index in [9.17, 15) is 18.0 Å². The van der Waals surface area contributed by atoms with Crippen molar-refractivity contribution in [2.75, 3.05) is 35.5 Å². The van der Waals surface area contributed by atoms with Gasteiger partial charge in [-0.2, -0.15) is 13.2 Å². The Labute approximate surface area is 207 Å². The highest BCUT2D eigenvalue weighted by molar-refractivity contribution is 5.96. The summed E-state index contributed by atoms with van der Waals surface area (Å²) >= 11 is 0. The molecule has 1 aliphatic rings. The van der Waals surface area contributed by atoms with Crippen molar-refractivity contribution >= 4 is 11.9 Å². The van der Waals surface area contributed by atoms with Gasteiger partial charge in [0.15, 0.2) is 17.5 Å². The molecule has 36 heavy (non-hydrogen) atoms. The van der Waals surface area contributed by atoms with Gasteiger partial charge in [0.25, 0.3) is 0 Å². The second-order valence-corrected chi connectivity index (χ2v) is 7.92. The van der Waals surface area contributed by atoms with Crippen LogP contribution in [0.4, 0.5) is 13.2 Å². The topological polar surface area (TPSA) is 81.6 Å². The van der Waals surface area contributed by atoms with Crippen LogP contribution in [0.1, 0.15) is 29.7 Å². The number of allylic oxidation sites excluding steroid dienone is 1. The molecule has 2 aromatic rings. The van der Waals surface area contributed by atoms with E-state index in [0.717, 1.165) is 17.7 Å². The maximum Gasteiger partial charge on any atom is 0.416 e. The first kappa shape index (κ1) is 26.7. The fraction of sp³-hybridized carbons (Fsp3) is 0.360. The SMILES string of the molecule is COC(=O)C1=C(C)N(C)C(=NCc2cc(OC)c(OC)c(OC)c2)NC1c1ccc(C(F)(F)F)cc1. The van der Waals surface area contributed by atoms with Gasteiger partial charge in [0.1, 0.15) is 0 Å². The zero-order chi connectivity index (χ0) is 26.6. The third kappa shape index (κ3) is 5.34. The van der Waals surface area contributed by atoms with E-state index in [2.05, 4.69) is 10.3 Å². The van der Waals surface area contributed by atoms with Crippen LogP contribution in [0.3, 0.4) is 0 Å². The number of carbonyl (C=O) groups is 1. The third-order valence-corrected chi connectivity index (χ3v) is 5.89. The quantitative estimate of drug-likeness (QED) is 0.560. The van der Waals surface area contributed by atoms with Crippen molar-refractivity contribution in [3.63, 3.8) is 0 Å². The third-order valence-electron chi connectivity index (χ3n) is 5.89. The van der Waals surface area contributed by atoms with E-state index in [4.69, 9.17) is 18.9 Å². The Morgan fingerprint density at radius 3 is 2.08 bits per heavy atom. The van der Waals surface area contributed by atoms with Crippen LogP contribution in [-0.2, 0) is 22.3 Å². The number of benzene rings is 2. The molecule has 0 spiro atoms. The number of hydrogen-bond acceptors (Lipinski definition) is 6. The number of halogens is 3. The van der Waals surface area contributed by atoms with Crippen molar-refractivity contribution in [3.05, 3.63) is 64.4 Å². The number of hydrogen-bond donors (Lipinski definition) is 1. The van der Waals surface area contributed by atoms with E-state index in [-0.39, 0.29) is 12.1 Å². The first-order valence-electron chi connectivity index (χ1n) is 10.9. The second-order valence-electron chi connectivity index (χ2n) is 7.92. The number of rotatable bonds is 7. The number of esters is 1. The van der Waals surface area contributed by atoms with Crippen LogP contribution in [0, 0.1) is 0 Å². The van der Waals surface area contributed by atoms with Crippen molar-refractivity contribution in [1.29, 1.82) is 0 Å². The minimum Gasteiger partial charge on any atom is -0.493 e. The summed E-state index contributed by atoms with van der Waals surface area (Å²) in [7, 11) is 7.51. The van der Waals surface area contributed by atoms with Gasteiger partial charge in [0.05, 0.1) is 52.2 Å². The summed E-state index contributed by atoms with van der Waals surface area (Å²) in [6, 6.07) is 7.39. The number of carbonyl (C=O) groups excluding carboxylic acids is 1. The summed E-state index contributed by atoms with van der Waals surface area (Å²) in [5, 5.41) is 3.17. The molecule has 3 rings (SSSR count). The summed E-state index contributed by atoms with van der Waals surface area (Å²) < 4.78 is 60.3. The minimum atomic E-state index is -4.47. The van der Waals surface area contributed by atoms with Gasteiger partial charge in [-0.05, 0) is 42.3 Å². The van der Waals surface area contributed by atoms with Crippen molar-refractivity contribution < 1.29 is 36.9 Å². The lowest BCUT2D eigenvalue weighted by Gasteiger charge is -2.36. The number of alkyl halides is 3. The highest BCUT2D eigenvalue weighted by Gasteiger charge is 2.35. The van der Waals surface area contributed by atoms with Crippen LogP contribution in [0.15, 0.2) is 52.7 Å². The molecule has 0 aliphatic carbocycles. The minimum absolute atomic E-state index is 0.212. The monoisotopic (exact) mass is 507 g/mol. The van der Waals surface area contributed by atoms with Gasteiger partial charge in [0.2, 0.25) is 5.75 Å². The molecule has 1 heterocycles. The first-order valence-corrected chi connectivity index (χ1v) is 10.9. The lowest BCUT2D eigenvalue weighted by atomic mass is 9.94. The standard InChI is InChI=1S/C25H28F3N3O5/c1-14-20(23(32)36-6)21(16-7-9-17(10-8-16)25(26,27)28)30-24(31(14)2)29-13-15-11-18(33-3)22(35-5)19(12-15)34-4/h7-12,21H,13H2,1-6H3,(H,29,30). The maximum absolute atomic E-state index is 13.1. The van der Waals surface area contributed by atoms with Gasteiger partial charge in [-0.3, -0.25) is 0 Å². The lowest BCUT2D eigenvalue weighted by Crippen LogP contribution is -2.47. The molecule has 0 radical (unpaired) electrons. The average Bonchev–Trinajstić information content (AvgIpc) is 2.87. The van der Waals surface area contributed by atoms with Crippen LogP contribution in [-0.4, -0.2) is 52.3 Å². The molecule has 0 saturated carbocycles. The summed E-state index contributed by atoms with van der Waals surface area (Å²) in [4.78, 5) is 19.0. The fourth-order valence-electron chi connectivity index (χ4n) is 3.88. The Bertz CT molecular complexity index is 1150. The normalized spacial score (nSPS) is 17.1. The largest absolute Gasteiger partial charge is 0.493 e. The number of guanidine groups is 1. The van der Waals surface area contributed by atoms with Gasteiger partial charge in [-0.1, -0.05) is 12.1 Å². The van der Waals surface area contributed by atoms with Crippen molar-refractivity contribution in [2.45, 2.75) is 25.7 Å².